The Kier molecular flexibility index (Phi) is 5.45. The summed E-state index contributed by atoms with van der Waals surface area (Å²) < 4.78 is 10.9. The van der Waals surface area contributed by atoms with E-state index in [4.69, 9.17) is 9.47 Å². The zero-order valence-electron chi connectivity index (χ0n) is 18.8. The average Bonchev–Trinajstić information content (AvgIpc) is 3.38. The molecule has 3 aromatic rings. The Morgan fingerprint density at radius 2 is 1.91 bits per heavy atom. The first kappa shape index (κ1) is 21.9. The average molecular weight is 479 g/mol. The van der Waals surface area contributed by atoms with E-state index < -0.39 is 6.17 Å². The number of benzene rings is 2. The molecule has 0 spiro atoms. The van der Waals surface area contributed by atoms with Crippen LogP contribution in [0.15, 0.2) is 42.6 Å². The second kappa shape index (κ2) is 8.45. The van der Waals surface area contributed by atoms with Crippen LogP contribution in [0, 0.1) is 6.92 Å². The van der Waals surface area contributed by atoms with Crippen molar-refractivity contribution in [2.75, 3.05) is 31.0 Å². The number of rotatable bonds is 6. The van der Waals surface area contributed by atoms with Crippen molar-refractivity contribution >= 4 is 39.9 Å². The number of aryl methyl sites for hydroxylation is 1. The summed E-state index contributed by atoms with van der Waals surface area (Å²) in [5.74, 6) is -0.0436. The number of carbonyl (C=O) groups is 3. The summed E-state index contributed by atoms with van der Waals surface area (Å²) in [5.41, 5.74) is 1.91. The van der Waals surface area contributed by atoms with Crippen LogP contribution in [-0.4, -0.2) is 48.4 Å². The second-order valence-electron chi connectivity index (χ2n) is 7.90. The number of para-hydroxylation sites is 1. The normalized spacial score (nSPS) is 16.1. The highest BCUT2D eigenvalue weighted by molar-refractivity contribution is 7.15. The molecular formula is C24H22N4O5S. The van der Waals surface area contributed by atoms with E-state index in [0.29, 0.717) is 39.0 Å². The lowest BCUT2D eigenvalue weighted by molar-refractivity contribution is -0.116. The van der Waals surface area contributed by atoms with E-state index in [9.17, 15) is 14.4 Å². The van der Waals surface area contributed by atoms with Gasteiger partial charge in [-0.25, -0.2) is 4.98 Å². The van der Waals surface area contributed by atoms with Crippen molar-refractivity contribution in [1.29, 1.82) is 0 Å². The maximum atomic E-state index is 13.6. The fourth-order valence-electron chi connectivity index (χ4n) is 4.47. The van der Waals surface area contributed by atoms with Crippen LogP contribution in [0.2, 0.25) is 0 Å². The highest BCUT2D eigenvalue weighted by Gasteiger charge is 2.49. The van der Waals surface area contributed by atoms with Crippen molar-refractivity contribution in [3.63, 3.8) is 0 Å². The van der Waals surface area contributed by atoms with Crippen molar-refractivity contribution in [3.8, 4) is 11.5 Å². The quantitative estimate of drug-likeness (QED) is 0.581. The van der Waals surface area contributed by atoms with Gasteiger partial charge in [0.25, 0.3) is 11.8 Å². The Morgan fingerprint density at radius 1 is 1.12 bits per heavy atom. The van der Waals surface area contributed by atoms with Crippen molar-refractivity contribution < 1.29 is 23.9 Å². The van der Waals surface area contributed by atoms with Gasteiger partial charge in [0.2, 0.25) is 5.91 Å². The van der Waals surface area contributed by atoms with Gasteiger partial charge in [0.1, 0.15) is 6.17 Å². The zero-order valence-corrected chi connectivity index (χ0v) is 19.6. The minimum atomic E-state index is -0.695. The van der Waals surface area contributed by atoms with E-state index in [2.05, 4.69) is 10.3 Å². The van der Waals surface area contributed by atoms with Gasteiger partial charge in [-0.05, 0) is 25.1 Å². The van der Waals surface area contributed by atoms with Crippen molar-refractivity contribution in [3.05, 3.63) is 64.2 Å². The third-order valence-electron chi connectivity index (χ3n) is 5.93. The standard InChI is InChI=1S/C24H22N4O5S/c1-13-12-25-24(34-13)26-18(29)10-11-27-21-15-8-9-17(32-2)20(33-3)19(15)23(31)28(21)16-7-5-4-6-14(16)22(27)30/h4-9,12,21H,10-11H2,1-3H3,(H,25,26,29)/t21-/m0/s1. The molecule has 1 N–H and O–H groups in total. The summed E-state index contributed by atoms with van der Waals surface area (Å²) in [6.07, 6.45) is 1.04. The van der Waals surface area contributed by atoms with E-state index in [1.807, 2.05) is 6.92 Å². The molecule has 2 aliphatic rings. The van der Waals surface area contributed by atoms with Gasteiger partial charge in [-0.1, -0.05) is 18.2 Å². The molecule has 9 nitrogen and oxygen atoms in total. The summed E-state index contributed by atoms with van der Waals surface area (Å²) in [6, 6.07) is 10.5. The van der Waals surface area contributed by atoms with Gasteiger partial charge in [-0.3, -0.25) is 19.3 Å². The Morgan fingerprint density at radius 3 is 2.62 bits per heavy atom. The lowest BCUT2D eigenvalue weighted by Crippen LogP contribution is -2.49. The number of fused-ring (bicyclic) bond motifs is 5. The molecule has 174 valence electrons. The van der Waals surface area contributed by atoms with Crippen molar-refractivity contribution in [2.45, 2.75) is 19.5 Å². The van der Waals surface area contributed by atoms with Gasteiger partial charge in [0, 0.05) is 29.6 Å². The predicted octanol–water partition coefficient (Wildman–Crippen LogP) is 3.61. The summed E-state index contributed by atoms with van der Waals surface area (Å²) in [6.45, 7) is 2.02. The molecule has 0 aliphatic carbocycles. The molecule has 1 aromatic heterocycles. The van der Waals surface area contributed by atoms with Gasteiger partial charge < -0.3 is 19.7 Å². The molecule has 0 unspecified atom stereocenters. The van der Waals surface area contributed by atoms with Crippen molar-refractivity contribution in [1.82, 2.24) is 9.88 Å². The van der Waals surface area contributed by atoms with E-state index in [1.54, 1.807) is 52.4 Å². The Labute approximate surface area is 199 Å². The van der Waals surface area contributed by atoms with Crippen LogP contribution < -0.4 is 19.7 Å². The van der Waals surface area contributed by atoms with Gasteiger partial charge in [-0.2, -0.15) is 0 Å². The molecule has 5 rings (SSSR count). The highest BCUT2D eigenvalue weighted by Crippen LogP contribution is 2.49. The van der Waals surface area contributed by atoms with Crippen molar-refractivity contribution in [2.24, 2.45) is 0 Å². The van der Waals surface area contributed by atoms with Crippen LogP contribution in [0.1, 0.15) is 43.7 Å². The van der Waals surface area contributed by atoms with Gasteiger partial charge >= 0.3 is 0 Å². The third kappa shape index (κ3) is 3.38. The topological polar surface area (TPSA) is 101 Å². The SMILES string of the molecule is COc1ccc2c(c1OC)C(=O)N1c3ccccc3C(=O)N(CCC(=O)Nc3ncc(C)s3)[C@H]21. The zero-order chi connectivity index (χ0) is 24.0. The molecule has 34 heavy (non-hydrogen) atoms. The van der Waals surface area contributed by atoms with E-state index in [1.165, 1.54) is 25.6 Å². The molecule has 3 heterocycles. The van der Waals surface area contributed by atoms with Gasteiger partial charge in [0.15, 0.2) is 16.6 Å². The van der Waals surface area contributed by atoms with Crippen LogP contribution in [0.25, 0.3) is 0 Å². The smallest absolute Gasteiger partial charge is 0.264 e. The molecule has 0 fully saturated rings. The molecule has 2 aliphatic heterocycles. The Balaban J connectivity index is 1.52. The van der Waals surface area contributed by atoms with Crippen LogP contribution in [0.4, 0.5) is 10.8 Å². The largest absolute Gasteiger partial charge is 0.493 e. The fourth-order valence-corrected chi connectivity index (χ4v) is 5.15. The lowest BCUT2D eigenvalue weighted by atomic mass is 10.0. The minimum Gasteiger partial charge on any atom is -0.493 e. The van der Waals surface area contributed by atoms with E-state index >= 15 is 0 Å². The molecule has 0 radical (unpaired) electrons. The monoisotopic (exact) mass is 478 g/mol. The summed E-state index contributed by atoms with van der Waals surface area (Å²) >= 11 is 1.38. The number of ether oxygens (including phenoxy) is 2. The number of nitrogens with one attached hydrogen (secondary N) is 1. The third-order valence-corrected chi connectivity index (χ3v) is 6.76. The van der Waals surface area contributed by atoms with Crippen LogP contribution in [0.5, 0.6) is 11.5 Å². The number of carbonyl (C=O) groups excluding carboxylic acids is 3. The maximum absolute atomic E-state index is 13.6. The molecule has 0 bridgehead atoms. The van der Waals surface area contributed by atoms with Crippen LogP contribution in [0.3, 0.4) is 0 Å². The van der Waals surface area contributed by atoms with Crippen LogP contribution >= 0.6 is 11.3 Å². The number of nitrogens with zero attached hydrogens (tertiary/aromatic N) is 3. The molecular weight excluding hydrogens is 456 g/mol. The number of amides is 3. The van der Waals surface area contributed by atoms with Gasteiger partial charge in [0.05, 0.1) is 31.0 Å². The van der Waals surface area contributed by atoms with Crippen LogP contribution in [-0.2, 0) is 4.79 Å². The number of anilines is 2. The summed E-state index contributed by atoms with van der Waals surface area (Å²) in [5, 5.41) is 3.28. The lowest BCUT2D eigenvalue weighted by Gasteiger charge is -2.40. The summed E-state index contributed by atoms with van der Waals surface area (Å²) in [4.78, 5) is 48.0. The van der Waals surface area contributed by atoms with E-state index in [-0.39, 0.29) is 30.7 Å². The number of hydrogen-bond donors (Lipinski definition) is 1. The number of thiazole rings is 1. The molecule has 0 saturated heterocycles. The molecule has 1 atom stereocenters. The minimum absolute atomic E-state index is 0.0493. The molecule has 10 heteroatoms. The highest BCUT2D eigenvalue weighted by atomic mass is 32.1. The molecule has 0 saturated carbocycles. The molecule has 3 amide bonds. The second-order valence-corrected chi connectivity index (χ2v) is 9.14. The first-order chi connectivity index (χ1) is 16.4. The summed E-state index contributed by atoms with van der Waals surface area (Å²) in [7, 11) is 2.98. The van der Waals surface area contributed by atoms with Gasteiger partial charge in [-0.15, -0.1) is 11.3 Å². The first-order valence-corrected chi connectivity index (χ1v) is 11.5. The predicted molar refractivity (Wildman–Crippen MR) is 127 cm³/mol. The number of aromatic nitrogens is 1. The molecule has 2 aromatic carbocycles. The fraction of sp³-hybridized carbons (Fsp3) is 0.250. The number of hydrogen-bond acceptors (Lipinski definition) is 7. The maximum Gasteiger partial charge on any atom is 0.264 e. The van der Waals surface area contributed by atoms with E-state index in [0.717, 1.165) is 4.88 Å². The Bertz CT molecular complexity index is 1320. The first-order valence-electron chi connectivity index (χ1n) is 10.6. The Hall–Kier alpha value is -3.92. The number of methoxy groups -OCH3 is 2.